The van der Waals surface area contributed by atoms with Crippen molar-refractivity contribution in [1.29, 1.82) is 0 Å². The number of hydrogen-bond acceptors (Lipinski definition) is 3. The Hall–Kier alpha value is -0.930. The van der Waals surface area contributed by atoms with Gasteiger partial charge in [0.15, 0.2) is 0 Å². The lowest BCUT2D eigenvalue weighted by Crippen LogP contribution is -2.07. The first-order valence-electron chi connectivity index (χ1n) is 3.87. The highest BCUT2D eigenvalue weighted by Gasteiger charge is 2.09. The summed E-state index contributed by atoms with van der Waals surface area (Å²) in [7, 11) is 0. The lowest BCUT2D eigenvalue weighted by molar-refractivity contribution is 0.0917. The van der Waals surface area contributed by atoms with Crippen molar-refractivity contribution in [1.82, 2.24) is 4.98 Å². The molecular weight excluding hydrogens is 154 g/mol. The fraction of sp³-hybridized carbons (Fsp3) is 0.444. The molecule has 0 radical (unpaired) electrons. The van der Waals surface area contributed by atoms with Crippen LogP contribution in [0.4, 0.5) is 0 Å². The summed E-state index contributed by atoms with van der Waals surface area (Å²) >= 11 is 0. The molecule has 3 heteroatoms. The zero-order valence-corrected chi connectivity index (χ0v) is 7.28. The van der Waals surface area contributed by atoms with E-state index < -0.39 is 6.10 Å². The van der Waals surface area contributed by atoms with Gasteiger partial charge in [-0.1, -0.05) is 6.07 Å². The maximum absolute atomic E-state index is 9.29. The van der Waals surface area contributed by atoms with Crippen molar-refractivity contribution in [3.63, 3.8) is 0 Å². The minimum Gasteiger partial charge on any atom is -0.393 e. The van der Waals surface area contributed by atoms with E-state index in [0.29, 0.717) is 5.69 Å². The number of pyridine rings is 1. The van der Waals surface area contributed by atoms with E-state index in [1.807, 2.05) is 19.9 Å². The van der Waals surface area contributed by atoms with Gasteiger partial charge in [-0.05, 0) is 25.0 Å². The maximum atomic E-state index is 9.29. The van der Waals surface area contributed by atoms with Crippen molar-refractivity contribution >= 4 is 0 Å². The van der Waals surface area contributed by atoms with E-state index >= 15 is 0 Å². The number of aromatic nitrogens is 1. The van der Waals surface area contributed by atoms with Crippen LogP contribution in [-0.2, 0) is 0 Å². The zero-order valence-electron chi connectivity index (χ0n) is 7.28. The van der Waals surface area contributed by atoms with Gasteiger partial charge in [0, 0.05) is 6.20 Å². The fourth-order valence-electron chi connectivity index (χ4n) is 1.16. The smallest absolute Gasteiger partial charge is 0.119 e. The molecule has 0 aliphatic carbocycles. The summed E-state index contributed by atoms with van der Waals surface area (Å²) in [6.45, 7) is 3.53. The summed E-state index contributed by atoms with van der Waals surface area (Å²) in [6, 6.07) is 1.93. The highest BCUT2D eigenvalue weighted by atomic mass is 16.3. The Kier molecular flexibility index (Phi) is 2.78. The Morgan fingerprint density at radius 3 is 2.67 bits per heavy atom. The summed E-state index contributed by atoms with van der Waals surface area (Å²) in [4.78, 5) is 4.04. The SMILES string of the molecule is Cc1cnc(C(O)CO)c(C)c1. The summed E-state index contributed by atoms with van der Waals surface area (Å²) in [5.74, 6) is 0. The van der Waals surface area contributed by atoms with Crippen molar-refractivity contribution in [3.8, 4) is 0 Å². The number of aliphatic hydroxyl groups is 2. The molecule has 1 aromatic rings. The van der Waals surface area contributed by atoms with Crippen molar-refractivity contribution in [2.75, 3.05) is 6.61 Å². The van der Waals surface area contributed by atoms with E-state index in [4.69, 9.17) is 5.11 Å². The Balaban J connectivity index is 3.01. The van der Waals surface area contributed by atoms with Crippen molar-refractivity contribution in [3.05, 3.63) is 29.1 Å². The third-order valence-corrected chi connectivity index (χ3v) is 1.74. The topological polar surface area (TPSA) is 53.4 Å². The summed E-state index contributed by atoms with van der Waals surface area (Å²) in [6.07, 6.45) is 0.826. The van der Waals surface area contributed by atoms with Crippen molar-refractivity contribution < 1.29 is 10.2 Å². The van der Waals surface area contributed by atoms with Gasteiger partial charge in [0.05, 0.1) is 12.3 Å². The first-order chi connectivity index (χ1) is 5.65. The lowest BCUT2D eigenvalue weighted by atomic mass is 10.1. The quantitative estimate of drug-likeness (QED) is 0.682. The third-order valence-electron chi connectivity index (χ3n) is 1.74. The van der Waals surface area contributed by atoms with E-state index in [-0.39, 0.29) is 6.61 Å². The molecular formula is C9H13NO2. The first-order valence-corrected chi connectivity index (χ1v) is 3.87. The Morgan fingerprint density at radius 2 is 2.17 bits per heavy atom. The molecule has 0 aromatic carbocycles. The Labute approximate surface area is 71.7 Å². The maximum Gasteiger partial charge on any atom is 0.119 e. The van der Waals surface area contributed by atoms with E-state index in [9.17, 15) is 5.11 Å². The standard InChI is InChI=1S/C9H13NO2/c1-6-3-7(2)9(10-4-6)8(12)5-11/h3-4,8,11-12H,5H2,1-2H3. The predicted octanol–water partition coefficient (Wildman–Crippen LogP) is 0.724. The molecule has 1 aromatic heterocycles. The van der Waals surface area contributed by atoms with Gasteiger partial charge < -0.3 is 10.2 Å². The highest BCUT2D eigenvalue weighted by Crippen LogP contribution is 2.14. The van der Waals surface area contributed by atoms with Crippen LogP contribution in [0, 0.1) is 13.8 Å². The second-order valence-electron chi connectivity index (χ2n) is 2.91. The van der Waals surface area contributed by atoms with Crippen LogP contribution < -0.4 is 0 Å². The van der Waals surface area contributed by atoms with Gasteiger partial charge in [0.2, 0.25) is 0 Å². The van der Waals surface area contributed by atoms with Crippen LogP contribution in [0.15, 0.2) is 12.3 Å². The number of rotatable bonds is 2. The fourth-order valence-corrected chi connectivity index (χ4v) is 1.16. The molecule has 0 aliphatic rings. The molecule has 12 heavy (non-hydrogen) atoms. The van der Waals surface area contributed by atoms with Gasteiger partial charge in [-0.15, -0.1) is 0 Å². The molecule has 0 saturated heterocycles. The molecule has 1 heterocycles. The van der Waals surface area contributed by atoms with Crippen LogP contribution in [-0.4, -0.2) is 21.8 Å². The van der Waals surface area contributed by atoms with E-state index in [1.165, 1.54) is 0 Å². The normalized spacial score (nSPS) is 13.0. The highest BCUT2D eigenvalue weighted by molar-refractivity contribution is 5.24. The number of aliphatic hydroxyl groups excluding tert-OH is 2. The van der Waals surface area contributed by atoms with Crippen LogP contribution in [0.2, 0.25) is 0 Å². The van der Waals surface area contributed by atoms with Crippen LogP contribution in [0.1, 0.15) is 22.9 Å². The molecule has 66 valence electrons. The van der Waals surface area contributed by atoms with Gasteiger partial charge in [-0.2, -0.15) is 0 Å². The molecule has 1 unspecified atom stereocenters. The number of nitrogens with zero attached hydrogens (tertiary/aromatic N) is 1. The molecule has 1 atom stereocenters. The number of aryl methyl sites for hydroxylation is 2. The Morgan fingerprint density at radius 1 is 1.50 bits per heavy atom. The van der Waals surface area contributed by atoms with Crippen molar-refractivity contribution in [2.45, 2.75) is 20.0 Å². The zero-order chi connectivity index (χ0) is 9.14. The third kappa shape index (κ3) is 1.81. The van der Waals surface area contributed by atoms with Crippen molar-refractivity contribution in [2.24, 2.45) is 0 Å². The molecule has 0 bridgehead atoms. The second-order valence-corrected chi connectivity index (χ2v) is 2.91. The monoisotopic (exact) mass is 167 g/mol. The summed E-state index contributed by atoms with van der Waals surface area (Å²) in [5, 5.41) is 18.0. The second kappa shape index (κ2) is 3.65. The minimum absolute atomic E-state index is 0.281. The molecule has 0 spiro atoms. The van der Waals surface area contributed by atoms with Crippen LogP contribution >= 0.6 is 0 Å². The van der Waals surface area contributed by atoms with Crippen LogP contribution in [0.5, 0.6) is 0 Å². The molecule has 3 nitrogen and oxygen atoms in total. The lowest BCUT2D eigenvalue weighted by Gasteiger charge is -2.09. The average molecular weight is 167 g/mol. The first kappa shape index (κ1) is 9.16. The van der Waals surface area contributed by atoms with E-state index in [0.717, 1.165) is 11.1 Å². The molecule has 0 amide bonds. The van der Waals surface area contributed by atoms with Gasteiger partial charge in [-0.3, -0.25) is 4.98 Å². The molecule has 1 rings (SSSR count). The predicted molar refractivity (Wildman–Crippen MR) is 45.8 cm³/mol. The van der Waals surface area contributed by atoms with Gasteiger partial charge in [-0.25, -0.2) is 0 Å². The largest absolute Gasteiger partial charge is 0.393 e. The van der Waals surface area contributed by atoms with E-state index in [1.54, 1.807) is 6.20 Å². The molecule has 0 fully saturated rings. The summed E-state index contributed by atoms with van der Waals surface area (Å²) in [5.41, 5.74) is 2.53. The molecule has 0 aliphatic heterocycles. The molecule has 2 N–H and O–H groups in total. The number of hydrogen-bond donors (Lipinski definition) is 2. The average Bonchev–Trinajstić information content (AvgIpc) is 2.03. The van der Waals surface area contributed by atoms with E-state index in [2.05, 4.69) is 4.98 Å². The van der Waals surface area contributed by atoms with Gasteiger partial charge in [0.25, 0.3) is 0 Å². The van der Waals surface area contributed by atoms with Gasteiger partial charge >= 0.3 is 0 Å². The van der Waals surface area contributed by atoms with Crippen LogP contribution in [0.3, 0.4) is 0 Å². The summed E-state index contributed by atoms with van der Waals surface area (Å²) < 4.78 is 0. The van der Waals surface area contributed by atoms with Crippen LogP contribution in [0.25, 0.3) is 0 Å². The molecule has 0 saturated carbocycles. The van der Waals surface area contributed by atoms with Gasteiger partial charge in [0.1, 0.15) is 6.10 Å². The Bertz CT molecular complexity index is 273. The minimum atomic E-state index is -0.856.